The number of nitrogens with zero attached hydrogens (tertiary/aromatic N) is 2. The number of benzene rings is 2. The Morgan fingerprint density at radius 3 is 2.17 bits per heavy atom. The molecule has 2 amide bonds. The van der Waals surface area contributed by atoms with Crippen molar-refractivity contribution in [3.05, 3.63) is 65.7 Å². The normalized spacial score (nSPS) is 15.0. The predicted molar refractivity (Wildman–Crippen MR) is 113 cm³/mol. The summed E-state index contributed by atoms with van der Waals surface area (Å²) >= 11 is 0. The van der Waals surface area contributed by atoms with E-state index in [0.717, 1.165) is 5.56 Å². The molecule has 30 heavy (non-hydrogen) atoms. The third kappa shape index (κ3) is 5.65. The van der Waals surface area contributed by atoms with Crippen molar-refractivity contribution in [2.24, 2.45) is 0 Å². The molecule has 0 radical (unpaired) electrons. The molecule has 0 atom stereocenters. The molecule has 2 aromatic carbocycles. The minimum atomic E-state index is -3.53. The number of rotatable bonds is 7. The van der Waals surface area contributed by atoms with E-state index >= 15 is 0 Å². The van der Waals surface area contributed by atoms with Crippen molar-refractivity contribution in [3.63, 3.8) is 0 Å². The minimum Gasteiger partial charge on any atom is -0.351 e. The predicted octanol–water partition coefficient (Wildman–Crippen LogP) is 0.669. The molecule has 1 heterocycles. The molecule has 0 aromatic heterocycles. The van der Waals surface area contributed by atoms with Crippen LogP contribution in [0.15, 0.2) is 59.5 Å². The molecule has 160 valence electrons. The summed E-state index contributed by atoms with van der Waals surface area (Å²) in [5.41, 5.74) is 1.49. The van der Waals surface area contributed by atoms with Crippen LogP contribution in [-0.4, -0.2) is 69.8 Å². The van der Waals surface area contributed by atoms with Gasteiger partial charge < -0.3 is 10.2 Å². The SMILES string of the molecule is CNS(=O)(=O)c1ccc(C(=O)N2CCN(CC(=O)NCc3ccccc3)CC2)cc1. The topological polar surface area (TPSA) is 98.8 Å². The van der Waals surface area contributed by atoms with Crippen LogP contribution in [0.5, 0.6) is 0 Å². The van der Waals surface area contributed by atoms with Crippen LogP contribution in [0.25, 0.3) is 0 Å². The Kier molecular flexibility index (Phi) is 7.20. The summed E-state index contributed by atoms with van der Waals surface area (Å²) in [7, 11) is -2.18. The number of nitrogens with one attached hydrogen (secondary N) is 2. The fraction of sp³-hybridized carbons (Fsp3) is 0.333. The van der Waals surface area contributed by atoms with E-state index < -0.39 is 10.0 Å². The maximum absolute atomic E-state index is 12.7. The zero-order chi connectivity index (χ0) is 21.6. The summed E-state index contributed by atoms with van der Waals surface area (Å²) in [6, 6.07) is 15.6. The highest BCUT2D eigenvalue weighted by Crippen LogP contribution is 2.13. The molecular weight excluding hydrogens is 404 g/mol. The van der Waals surface area contributed by atoms with E-state index in [-0.39, 0.29) is 16.7 Å². The monoisotopic (exact) mass is 430 g/mol. The van der Waals surface area contributed by atoms with Gasteiger partial charge in [-0.3, -0.25) is 14.5 Å². The van der Waals surface area contributed by atoms with Crippen LogP contribution in [-0.2, 0) is 21.4 Å². The van der Waals surface area contributed by atoms with E-state index in [0.29, 0.717) is 44.8 Å². The number of sulfonamides is 1. The Morgan fingerprint density at radius 1 is 0.933 bits per heavy atom. The van der Waals surface area contributed by atoms with Crippen LogP contribution >= 0.6 is 0 Å². The third-order valence-corrected chi connectivity index (χ3v) is 6.47. The molecule has 0 spiro atoms. The first kappa shape index (κ1) is 21.9. The van der Waals surface area contributed by atoms with E-state index in [9.17, 15) is 18.0 Å². The van der Waals surface area contributed by atoms with Gasteiger partial charge in [0.05, 0.1) is 11.4 Å². The lowest BCUT2D eigenvalue weighted by Crippen LogP contribution is -2.51. The molecule has 0 saturated carbocycles. The molecule has 8 nitrogen and oxygen atoms in total. The quantitative estimate of drug-likeness (QED) is 0.673. The van der Waals surface area contributed by atoms with Gasteiger partial charge in [-0.1, -0.05) is 30.3 Å². The lowest BCUT2D eigenvalue weighted by molar-refractivity contribution is -0.122. The van der Waals surface area contributed by atoms with Crippen LogP contribution in [0.4, 0.5) is 0 Å². The first-order chi connectivity index (χ1) is 14.4. The summed E-state index contributed by atoms with van der Waals surface area (Å²) in [6.45, 7) is 3.04. The molecule has 0 aliphatic carbocycles. The number of carbonyl (C=O) groups is 2. The molecule has 3 rings (SSSR count). The van der Waals surface area contributed by atoms with E-state index in [2.05, 4.69) is 10.0 Å². The van der Waals surface area contributed by atoms with Crippen molar-refractivity contribution in [1.29, 1.82) is 0 Å². The number of hydrogen-bond acceptors (Lipinski definition) is 5. The zero-order valence-corrected chi connectivity index (χ0v) is 17.7. The van der Waals surface area contributed by atoms with Gasteiger partial charge in [-0.05, 0) is 36.9 Å². The van der Waals surface area contributed by atoms with Gasteiger partial charge in [0.1, 0.15) is 0 Å². The fourth-order valence-electron chi connectivity index (χ4n) is 3.24. The van der Waals surface area contributed by atoms with E-state index in [1.54, 1.807) is 4.90 Å². The van der Waals surface area contributed by atoms with E-state index in [1.807, 2.05) is 35.2 Å². The average molecular weight is 431 g/mol. The van der Waals surface area contributed by atoms with Gasteiger partial charge in [-0.25, -0.2) is 13.1 Å². The second-order valence-corrected chi connectivity index (χ2v) is 8.95. The lowest BCUT2D eigenvalue weighted by Gasteiger charge is -2.34. The Hall–Kier alpha value is -2.75. The molecular formula is C21H26N4O4S. The van der Waals surface area contributed by atoms with Crippen molar-refractivity contribution in [2.75, 3.05) is 39.8 Å². The van der Waals surface area contributed by atoms with Crippen molar-refractivity contribution in [1.82, 2.24) is 19.8 Å². The maximum atomic E-state index is 12.7. The van der Waals surface area contributed by atoms with Gasteiger partial charge in [0, 0.05) is 38.3 Å². The van der Waals surface area contributed by atoms with Gasteiger partial charge >= 0.3 is 0 Å². The second kappa shape index (κ2) is 9.84. The third-order valence-electron chi connectivity index (χ3n) is 5.04. The Labute approximate surface area is 176 Å². The van der Waals surface area contributed by atoms with Crippen molar-refractivity contribution in [2.45, 2.75) is 11.4 Å². The molecule has 0 bridgehead atoms. The largest absolute Gasteiger partial charge is 0.351 e. The number of amides is 2. The highest BCUT2D eigenvalue weighted by Gasteiger charge is 2.23. The number of piperazine rings is 1. The van der Waals surface area contributed by atoms with Gasteiger partial charge in [0.25, 0.3) is 5.91 Å². The highest BCUT2D eigenvalue weighted by atomic mass is 32.2. The van der Waals surface area contributed by atoms with Crippen molar-refractivity contribution in [3.8, 4) is 0 Å². The summed E-state index contributed by atoms with van der Waals surface area (Å²) in [5, 5.41) is 2.91. The Balaban J connectivity index is 1.46. The molecule has 2 N–H and O–H groups in total. The molecule has 0 unspecified atom stereocenters. The zero-order valence-electron chi connectivity index (χ0n) is 16.9. The molecule has 1 saturated heterocycles. The first-order valence-corrected chi connectivity index (χ1v) is 11.2. The van der Waals surface area contributed by atoms with Gasteiger partial charge in [0.15, 0.2) is 0 Å². The smallest absolute Gasteiger partial charge is 0.253 e. The number of carbonyl (C=O) groups excluding carboxylic acids is 2. The lowest BCUT2D eigenvalue weighted by atomic mass is 10.2. The van der Waals surface area contributed by atoms with Crippen LogP contribution in [0.3, 0.4) is 0 Å². The van der Waals surface area contributed by atoms with Gasteiger partial charge in [-0.15, -0.1) is 0 Å². The highest BCUT2D eigenvalue weighted by molar-refractivity contribution is 7.89. The fourth-order valence-corrected chi connectivity index (χ4v) is 3.97. The van der Waals surface area contributed by atoms with Crippen LogP contribution in [0.1, 0.15) is 15.9 Å². The molecule has 1 aliphatic rings. The standard InChI is InChI=1S/C21H26N4O4S/c1-22-30(28,29)19-9-7-18(8-10-19)21(27)25-13-11-24(12-14-25)16-20(26)23-15-17-5-3-2-4-6-17/h2-10,22H,11-16H2,1H3,(H,23,26). The van der Waals surface area contributed by atoms with Crippen molar-refractivity contribution < 1.29 is 18.0 Å². The van der Waals surface area contributed by atoms with Crippen LogP contribution < -0.4 is 10.0 Å². The van der Waals surface area contributed by atoms with Crippen LogP contribution in [0, 0.1) is 0 Å². The summed E-state index contributed by atoms with van der Waals surface area (Å²) in [6.07, 6.45) is 0. The summed E-state index contributed by atoms with van der Waals surface area (Å²) in [5.74, 6) is -0.184. The Morgan fingerprint density at radius 2 is 1.57 bits per heavy atom. The Bertz CT molecular complexity index is 970. The molecule has 1 fully saturated rings. The van der Waals surface area contributed by atoms with Crippen molar-refractivity contribution >= 4 is 21.8 Å². The summed E-state index contributed by atoms with van der Waals surface area (Å²) < 4.78 is 25.8. The van der Waals surface area contributed by atoms with Crippen LogP contribution in [0.2, 0.25) is 0 Å². The minimum absolute atomic E-state index is 0.0417. The van der Waals surface area contributed by atoms with E-state index in [4.69, 9.17) is 0 Å². The average Bonchev–Trinajstić information content (AvgIpc) is 2.78. The molecule has 1 aliphatic heterocycles. The van der Waals surface area contributed by atoms with E-state index in [1.165, 1.54) is 31.3 Å². The summed E-state index contributed by atoms with van der Waals surface area (Å²) in [4.78, 5) is 28.7. The van der Waals surface area contributed by atoms with Gasteiger partial charge in [-0.2, -0.15) is 0 Å². The van der Waals surface area contributed by atoms with Gasteiger partial charge in [0.2, 0.25) is 15.9 Å². The first-order valence-electron chi connectivity index (χ1n) is 9.75. The number of hydrogen-bond donors (Lipinski definition) is 2. The maximum Gasteiger partial charge on any atom is 0.253 e. The second-order valence-electron chi connectivity index (χ2n) is 7.06. The molecule has 9 heteroatoms. The molecule has 2 aromatic rings.